The molecule has 0 spiro atoms. The Morgan fingerprint density at radius 1 is 1.57 bits per heavy atom. The van der Waals surface area contributed by atoms with Gasteiger partial charge < -0.3 is 10.6 Å². The third kappa shape index (κ3) is 3.04. The van der Waals surface area contributed by atoms with Crippen molar-refractivity contribution in [3.05, 3.63) is 28.5 Å². The molecule has 1 heterocycles. The van der Waals surface area contributed by atoms with E-state index >= 15 is 0 Å². The molecule has 0 radical (unpaired) electrons. The second-order valence-electron chi connectivity index (χ2n) is 3.46. The topological polar surface area (TPSA) is 42.1 Å². The molecule has 0 fully saturated rings. The van der Waals surface area contributed by atoms with Crippen LogP contribution in [0.5, 0.6) is 0 Å². The van der Waals surface area contributed by atoms with Gasteiger partial charge in [0.25, 0.3) is 0 Å². The third-order valence-electron chi connectivity index (χ3n) is 2.15. The van der Waals surface area contributed by atoms with Gasteiger partial charge in [-0.1, -0.05) is 15.9 Å². The molecule has 1 atom stereocenters. The minimum atomic E-state index is 0.303. The molecule has 3 nitrogen and oxygen atoms in total. The Bertz CT molecular complexity index is 288. The molecule has 1 rings (SSSR count). The number of aromatic nitrogens is 1. The fourth-order valence-electron chi connectivity index (χ4n) is 1.43. The monoisotopic (exact) mass is 257 g/mol. The zero-order valence-electron chi connectivity index (χ0n) is 8.57. The van der Waals surface area contributed by atoms with Crippen molar-refractivity contribution in [3.63, 3.8) is 0 Å². The van der Waals surface area contributed by atoms with E-state index in [0.717, 1.165) is 16.6 Å². The van der Waals surface area contributed by atoms with Crippen molar-refractivity contribution in [1.82, 2.24) is 9.88 Å². The summed E-state index contributed by atoms with van der Waals surface area (Å²) in [5.74, 6) is 0. The smallest absolute Gasteiger partial charge is 0.0586 e. The quantitative estimate of drug-likeness (QED) is 0.895. The number of nitrogens with two attached hydrogens (primary N) is 1. The standard InChI is InChI=1S/C10H16BrN3/c1-14(2)10(3-5-12)9-7-8(11)4-6-13-9/h4,6-7,10H,3,5,12H2,1-2H3. The first-order chi connectivity index (χ1) is 6.65. The minimum absolute atomic E-state index is 0.303. The second-order valence-corrected chi connectivity index (χ2v) is 4.37. The zero-order chi connectivity index (χ0) is 10.6. The van der Waals surface area contributed by atoms with Crippen LogP contribution in [0.25, 0.3) is 0 Å². The van der Waals surface area contributed by atoms with Crippen molar-refractivity contribution in [2.24, 2.45) is 5.73 Å². The van der Waals surface area contributed by atoms with Crippen molar-refractivity contribution in [1.29, 1.82) is 0 Å². The highest BCUT2D eigenvalue weighted by atomic mass is 79.9. The molecule has 0 bridgehead atoms. The van der Waals surface area contributed by atoms with E-state index in [1.807, 2.05) is 32.4 Å². The van der Waals surface area contributed by atoms with E-state index in [9.17, 15) is 0 Å². The first kappa shape index (κ1) is 11.6. The van der Waals surface area contributed by atoms with Crippen molar-refractivity contribution in [3.8, 4) is 0 Å². The fourth-order valence-corrected chi connectivity index (χ4v) is 1.78. The summed E-state index contributed by atoms with van der Waals surface area (Å²) in [6.45, 7) is 0.678. The first-order valence-electron chi connectivity index (χ1n) is 4.63. The molecule has 0 saturated heterocycles. The van der Waals surface area contributed by atoms with E-state index < -0.39 is 0 Å². The molecule has 0 aliphatic heterocycles. The van der Waals surface area contributed by atoms with E-state index in [2.05, 4.69) is 25.8 Å². The molecular formula is C10H16BrN3. The van der Waals surface area contributed by atoms with Gasteiger partial charge in [0.2, 0.25) is 0 Å². The summed E-state index contributed by atoms with van der Waals surface area (Å²) in [7, 11) is 4.09. The molecule has 0 amide bonds. The Kier molecular flexibility index (Phi) is 4.51. The Balaban J connectivity index is 2.87. The molecular weight excluding hydrogens is 242 g/mol. The summed E-state index contributed by atoms with van der Waals surface area (Å²) in [4.78, 5) is 6.49. The maximum atomic E-state index is 5.58. The van der Waals surface area contributed by atoms with Crippen molar-refractivity contribution in [2.45, 2.75) is 12.5 Å². The second kappa shape index (κ2) is 5.44. The van der Waals surface area contributed by atoms with Crippen LogP contribution in [0, 0.1) is 0 Å². The lowest BCUT2D eigenvalue weighted by Crippen LogP contribution is -2.23. The molecule has 0 saturated carbocycles. The van der Waals surface area contributed by atoms with Gasteiger partial charge in [-0.15, -0.1) is 0 Å². The highest BCUT2D eigenvalue weighted by Gasteiger charge is 2.14. The van der Waals surface area contributed by atoms with Gasteiger partial charge in [-0.05, 0) is 39.2 Å². The lowest BCUT2D eigenvalue weighted by molar-refractivity contribution is 0.281. The number of rotatable bonds is 4. The lowest BCUT2D eigenvalue weighted by Gasteiger charge is -2.23. The summed E-state index contributed by atoms with van der Waals surface area (Å²) in [5, 5.41) is 0. The Morgan fingerprint density at radius 3 is 2.79 bits per heavy atom. The summed E-state index contributed by atoms with van der Waals surface area (Å²) < 4.78 is 1.06. The van der Waals surface area contributed by atoms with Crippen molar-refractivity contribution < 1.29 is 0 Å². The average Bonchev–Trinajstić information content (AvgIpc) is 2.13. The lowest BCUT2D eigenvalue weighted by atomic mass is 10.1. The third-order valence-corrected chi connectivity index (χ3v) is 2.64. The SMILES string of the molecule is CN(C)C(CCN)c1cc(Br)ccn1. The van der Waals surface area contributed by atoms with E-state index in [0.29, 0.717) is 12.6 Å². The highest BCUT2D eigenvalue weighted by Crippen LogP contribution is 2.21. The molecule has 0 aliphatic rings. The molecule has 0 aliphatic carbocycles. The molecule has 4 heteroatoms. The van der Waals surface area contributed by atoms with Gasteiger partial charge in [-0.3, -0.25) is 4.98 Å². The van der Waals surface area contributed by atoms with Crippen LogP contribution in [0.3, 0.4) is 0 Å². The van der Waals surface area contributed by atoms with Crippen LogP contribution in [-0.2, 0) is 0 Å². The van der Waals surface area contributed by atoms with E-state index in [1.54, 1.807) is 0 Å². The summed E-state index contributed by atoms with van der Waals surface area (Å²) in [6, 6.07) is 4.27. The molecule has 2 N–H and O–H groups in total. The van der Waals surface area contributed by atoms with E-state index in [-0.39, 0.29) is 0 Å². The minimum Gasteiger partial charge on any atom is -0.330 e. The molecule has 1 aromatic heterocycles. The molecule has 0 aromatic carbocycles. The normalized spacial score (nSPS) is 13.2. The fraction of sp³-hybridized carbons (Fsp3) is 0.500. The van der Waals surface area contributed by atoms with Crippen LogP contribution >= 0.6 is 15.9 Å². The molecule has 78 valence electrons. The van der Waals surface area contributed by atoms with E-state index in [4.69, 9.17) is 5.73 Å². The largest absolute Gasteiger partial charge is 0.330 e. The van der Waals surface area contributed by atoms with Gasteiger partial charge >= 0.3 is 0 Å². The van der Waals surface area contributed by atoms with Crippen LogP contribution in [0.1, 0.15) is 18.2 Å². The number of hydrogen-bond donors (Lipinski definition) is 1. The van der Waals surface area contributed by atoms with Crippen molar-refractivity contribution in [2.75, 3.05) is 20.6 Å². The van der Waals surface area contributed by atoms with Gasteiger partial charge in [0, 0.05) is 10.7 Å². The summed E-state index contributed by atoms with van der Waals surface area (Å²) >= 11 is 3.44. The predicted octanol–water partition coefficient (Wildman–Crippen LogP) is 1.80. The number of hydrogen-bond acceptors (Lipinski definition) is 3. The number of pyridine rings is 1. The van der Waals surface area contributed by atoms with Crippen LogP contribution in [0.2, 0.25) is 0 Å². The Morgan fingerprint density at radius 2 is 2.29 bits per heavy atom. The van der Waals surface area contributed by atoms with Gasteiger partial charge in [-0.25, -0.2) is 0 Å². The van der Waals surface area contributed by atoms with Crippen LogP contribution in [0.4, 0.5) is 0 Å². The molecule has 1 aromatic rings. The highest BCUT2D eigenvalue weighted by molar-refractivity contribution is 9.10. The van der Waals surface area contributed by atoms with Gasteiger partial charge in [0.15, 0.2) is 0 Å². The predicted molar refractivity (Wildman–Crippen MR) is 62.0 cm³/mol. The summed E-state index contributed by atoms with van der Waals surface area (Å²) in [5.41, 5.74) is 6.64. The first-order valence-corrected chi connectivity index (χ1v) is 5.42. The van der Waals surface area contributed by atoms with Crippen LogP contribution in [-0.4, -0.2) is 30.5 Å². The molecule has 14 heavy (non-hydrogen) atoms. The average molecular weight is 258 g/mol. The maximum absolute atomic E-state index is 5.58. The van der Waals surface area contributed by atoms with Gasteiger partial charge in [0.1, 0.15) is 0 Å². The van der Waals surface area contributed by atoms with Gasteiger partial charge in [0.05, 0.1) is 11.7 Å². The zero-order valence-corrected chi connectivity index (χ0v) is 10.2. The molecule has 1 unspecified atom stereocenters. The number of nitrogens with zero attached hydrogens (tertiary/aromatic N) is 2. The summed E-state index contributed by atoms with van der Waals surface area (Å²) in [6.07, 6.45) is 2.74. The Hall–Kier alpha value is -0.450. The van der Waals surface area contributed by atoms with Crippen LogP contribution < -0.4 is 5.73 Å². The van der Waals surface area contributed by atoms with Crippen molar-refractivity contribution >= 4 is 15.9 Å². The van der Waals surface area contributed by atoms with Crippen LogP contribution in [0.15, 0.2) is 22.8 Å². The van der Waals surface area contributed by atoms with E-state index in [1.165, 1.54) is 0 Å². The maximum Gasteiger partial charge on any atom is 0.0586 e. The Labute approximate surface area is 93.4 Å². The van der Waals surface area contributed by atoms with Gasteiger partial charge in [-0.2, -0.15) is 0 Å². The number of halogens is 1.